The van der Waals surface area contributed by atoms with Crippen molar-refractivity contribution in [3.05, 3.63) is 48.6 Å². The summed E-state index contributed by atoms with van der Waals surface area (Å²) in [6.45, 7) is 0. The summed E-state index contributed by atoms with van der Waals surface area (Å²) >= 11 is 0. The molecule has 4 nitrogen and oxygen atoms in total. The largest absolute Gasteiger partial charge is 0.241 e. The van der Waals surface area contributed by atoms with Gasteiger partial charge in [0.1, 0.15) is 11.6 Å². The molecular weight excluding hydrogens is 224 g/mol. The van der Waals surface area contributed by atoms with E-state index in [2.05, 4.69) is 19.9 Å². The molecule has 0 aromatic carbocycles. The maximum Gasteiger partial charge on any atom is 0.131 e. The van der Waals surface area contributed by atoms with Gasteiger partial charge in [-0.2, -0.15) is 0 Å². The third-order valence-corrected chi connectivity index (χ3v) is 3.60. The molecule has 0 bridgehead atoms. The fraction of sp³-hybridized carbons (Fsp3) is 0.429. The fourth-order valence-corrected chi connectivity index (χ4v) is 2.75. The molecule has 0 spiro atoms. The van der Waals surface area contributed by atoms with Crippen molar-refractivity contribution in [1.29, 1.82) is 0 Å². The SMILES string of the molecule is c1cnc(C2CCCCC2c2ncccn2)nc1. The molecular formula is C14H16N4. The van der Waals surface area contributed by atoms with Crippen molar-refractivity contribution in [2.75, 3.05) is 0 Å². The first-order valence-corrected chi connectivity index (χ1v) is 6.49. The molecule has 1 aliphatic rings. The Morgan fingerprint density at radius 2 is 1.06 bits per heavy atom. The maximum absolute atomic E-state index is 4.41. The van der Waals surface area contributed by atoms with Gasteiger partial charge in [0.25, 0.3) is 0 Å². The predicted molar refractivity (Wildman–Crippen MR) is 68.0 cm³/mol. The summed E-state index contributed by atoms with van der Waals surface area (Å²) in [5, 5.41) is 0. The van der Waals surface area contributed by atoms with Gasteiger partial charge in [-0.3, -0.25) is 0 Å². The first-order valence-electron chi connectivity index (χ1n) is 6.49. The lowest BCUT2D eigenvalue weighted by Crippen LogP contribution is -2.20. The van der Waals surface area contributed by atoms with Crippen molar-refractivity contribution in [1.82, 2.24) is 19.9 Å². The summed E-state index contributed by atoms with van der Waals surface area (Å²) < 4.78 is 0. The second kappa shape index (κ2) is 5.21. The molecule has 2 heterocycles. The smallest absolute Gasteiger partial charge is 0.131 e. The Bertz CT molecular complexity index is 438. The molecule has 2 aromatic rings. The Morgan fingerprint density at radius 3 is 1.44 bits per heavy atom. The average Bonchev–Trinajstić information content (AvgIpc) is 2.49. The van der Waals surface area contributed by atoms with Gasteiger partial charge in [0.2, 0.25) is 0 Å². The standard InChI is InChI=1S/C14H16N4/c1-2-6-12(14-17-9-4-10-18-14)11(5-1)13-15-7-3-8-16-13/h3-4,7-12H,1-2,5-6H2. The van der Waals surface area contributed by atoms with Crippen LogP contribution in [0.3, 0.4) is 0 Å². The van der Waals surface area contributed by atoms with E-state index in [9.17, 15) is 0 Å². The van der Waals surface area contributed by atoms with Gasteiger partial charge in [-0.1, -0.05) is 12.8 Å². The molecule has 92 valence electrons. The summed E-state index contributed by atoms with van der Waals surface area (Å²) in [5.74, 6) is 2.61. The van der Waals surface area contributed by atoms with E-state index >= 15 is 0 Å². The van der Waals surface area contributed by atoms with Crippen LogP contribution in [0.15, 0.2) is 36.9 Å². The minimum Gasteiger partial charge on any atom is -0.241 e. The van der Waals surface area contributed by atoms with E-state index in [-0.39, 0.29) is 0 Å². The van der Waals surface area contributed by atoms with Crippen LogP contribution in [0.25, 0.3) is 0 Å². The van der Waals surface area contributed by atoms with Crippen LogP contribution in [-0.4, -0.2) is 19.9 Å². The van der Waals surface area contributed by atoms with Gasteiger partial charge in [0.05, 0.1) is 0 Å². The van der Waals surface area contributed by atoms with Crippen molar-refractivity contribution in [2.45, 2.75) is 37.5 Å². The molecule has 0 saturated heterocycles. The summed E-state index contributed by atoms with van der Waals surface area (Å²) in [7, 11) is 0. The molecule has 1 saturated carbocycles. The third-order valence-electron chi connectivity index (χ3n) is 3.60. The molecule has 3 rings (SSSR count). The van der Waals surface area contributed by atoms with Gasteiger partial charge >= 0.3 is 0 Å². The second-order valence-corrected chi connectivity index (χ2v) is 4.71. The van der Waals surface area contributed by atoms with E-state index in [0.717, 1.165) is 24.5 Å². The maximum atomic E-state index is 4.41. The normalized spacial score (nSPS) is 23.8. The van der Waals surface area contributed by atoms with Gasteiger partial charge < -0.3 is 0 Å². The fourth-order valence-electron chi connectivity index (χ4n) is 2.75. The minimum absolute atomic E-state index is 0.363. The highest BCUT2D eigenvalue weighted by atomic mass is 14.9. The Balaban J connectivity index is 1.92. The number of nitrogens with zero attached hydrogens (tertiary/aromatic N) is 4. The molecule has 1 fully saturated rings. The van der Waals surface area contributed by atoms with E-state index in [4.69, 9.17) is 0 Å². The summed E-state index contributed by atoms with van der Waals surface area (Å²) in [6, 6.07) is 3.72. The second-order valence-electron chi connectivity index (χ2n) is 4.71. The number of hydrogen-bond acceptors (Lipinski definition) is 4. The van der Waals surface area contributed by atoms with Crippen molar-refractivity contribution in [2.24, 2.45) is 0 Å². The third kappa shape index (κ3) is 2.23. The zero-order valence-corrected chi connectivity index (χ0v) is 10.2. The van der Waals surface area contributed by atoms with Gasteiger partial charge in [0.15, 0.2) is 0 Å². The van der Waals surface area contributed by atoms with Crippen LogP contribution in [0, 0.1) is 0 Å². The van der Waals surface area contributed by atoms with E-state index < -0.39 is 0 Å². The minimum atomic E-state index is 0.363. The number of rotatable bonds is 2. The van der Waals surface area contributed by atoms with E-state index in [1.54, 1.807) is 0 Å². The van der Waals surface area contributed by atoms with Crippen LogP contribution in [0.2, 0.25) is 0 Å². The van der Waals surface area contributed by atoms with Crippen molar-refractivity contribution in [3.63, 3.8) is 0 Å². The van der Waals surface area contributed by atoms with Crippen LogP contribution < -0.4 is 0 Å². The molecule has 1 aliphatic carbocycles. The molecule has 4 heteroatoms. The Labute approximate surface area is 107 Å². The molecule has 2 unspecified atom stereocenters. The molecule has 0 amide bonds. The topological polar surface area (TPSA) is 51.6 Å². The first-order chi connectivity index (χ1) is 8.95. The zero-order chi connectivity index (χ0) is 12.2. The van der Waals surface area contributed by atoms with Gasteiger partial charge in [-0.25, -0.2) is 19.9 Å². The molecule has 0 aliphatic heterocycles. The van der Waals surface area contributed by atoms with Crippen molar-refractivity contribution in [3.8, 4) is 0 Å². The monoisotopic (exact) mass is 240 g/mol. The van der Waals surface area contributed by atoms with Crippen molar-refractivity contribution < 1.29 is 0 Å². The molecule has 18 heavy (non-hydrogen) atoms. The Kier molecular flexibility index (Phi) is 3.26. The van der Waals surface area contributed by atoms with Crippen molar-refractivity contribution >= 4 is 0 Å². The average molecular weight is 240 g/mol. The quantitative estimate of drug-likeness (QED) is 0.809. The lowest BCUT2D eigenvalue weighted by atomic mass is 9.78. The zero-order valence-electron chi connectivity index (χ0n) is 10.2. The highest BCUT2D eigenvalue weighted by molar-refractivity contribution is 5.11. The van der Waals surface area contributed by atoms with Gasteiger partial charge in [-0.05, 0) is 25.0 Å². The van der Waals surface area contributed by atoms with E-state index in [0.29, 0.717) is 11.8 Å². The first kappa shape index (κ1) is 11.3. The van der Waals surface area contributed by atoms with Crippen LogP contribution in [0.1, 0.15) is 49.2 Å². The van der Waals surface area contributed by atoms with Crippen LogP contribution in [-0.2, 0) is 0 Å². The highest BCUT2D eigenvalue weighted by Gasteiger charge is 2.31. The summed E-state index contributed by atoms with van der Waals surface area (Å²) in [6.07, 6.45) is 12.0. The molecule has 2 aromatic heterocycles. The molecule has 0 N–H and O–H groups in total. The summed E-state index contributed by atoms with van der Waals surface area (Å²) in [4.78, 5) is 17.6. The van der Waals surface area contributed by atoms with Crippen LogP contribution >= 0.6 is 0 Å². The highest BCUT2D eigenvalue weighted by Crippen LogP contribution is 2.41. The Hall–Kier alpha value is -1.84. The lowest BCUT2D eigenvalue weighted by Gasteiger charge is -2.29. The van der Waals surface area contributed by atoms with Crippen LogP contribution in [0.5, 0.6) is 0 Å². The predicted octanol–water partition coefficient (Wildman–Crippen LogP) is 2.71. The lowest BCUT2D eigenvalue weighted by molar-refractivity contribution is 0.361. The van der Waals surface area contributed by atoms with E-state index in [1.807, 2.05) is 36.9 Å². The van der Waals surface area contributed by atoms with Gasteiger partial charge in [-0.15, -0.1) is 0 Å². The Morgan fingerprint density at radius 1 is 0.667 bits per heavy atom. The summed E-state index contributed by atoms with van der Waals surface area (Å²) in [5.41, 5.74) is 0. The van der Waals surface area contributed by atoms with E-state index in [1.165, 1.54) is 12.8 Å². The number of aromatic nitrogens is 4. The molecule has 2 atom stereocenters. The molecule has 0 radical (unpaired) electrons. The van der Waals surface area contributed by atoms with Crippen LogP contribution in [0.4, 0.5) is 0 Å². The number of hydrogen-bond donors (Lipinski definition) is 0. The van der Waals surface area contributed by atoms with Gasteiger partial charge in [0, 0.05) is 36.6 Å².